The predicted molar refractivity (Wildman–Crippen MR) is 103 cm³/mol. The molecule has 0 aliphatic carbocycles. The molecule has 2 aromatic rings. The zero-order chi connectivity index (χ0) is 17.5. The number of hydrogen-bond donors (Lipinski definition) is 1. The Labute approximate surface area is 157 Å². The average Bonchev–Trinajstić information content (AvgIpc) is 2.92. The third-order valence-corrected chi connectivity index (χ3v) is 5.43. The molecule has 0 fully saturated rings. The Morgan fingerprint density at radius 2 is 2.04 bits per heavy atom. The second-order valence-electron chi connectivity index (χ2n) is 4.86. The van der Waals surface area contributed by atoms with Crippen LogP contribution in [0.15, 0.2) is 28.7 Å². The fourth-order valence-corrected chi connectivity index (χ4v) is 3.76. The van der Waals surface area contributed by atoms with Crippen LogP contribution in [-0.4, -0.2) is 35.5 Å². The maximum atomic E-state index is 11.9. The maximum Gasteiger partial charge on any atom is 0.315 e. The van der Waals surface area contributed by atoms with Crippen molar-refractivity contribution in [1.82, 2.24) is 4.98 Å². The van der Waals surface area contributed by atoms with E-state index in [9.17, 15) is 9.59 Å². The number of thiazole rings is 1. The number of aromatic nitrogens is 1. The van der Waals surface area contributed by atoms with Crippen LogP contribution in [-0.2, 0) is 14.3 Å². The summed E-state index contributed by atoms with van der Waals surface area (Å²) in [5.74, 6) is 0.428. The second kappa shape index (κ2) is 9.19. The van der Waals surface area contributed by atoms with Crippen molar-refractivity contribution in [3.63, 3.8) is 0 Å². The lowest BCUT2D eigenvalue weighted by atomic mass is 10.1. The van der Waals surface area contributed by atoms with Crippen LogP contribution in [0, 0.1) is 6.92 Å². The number of ether oxygens (including phenoxy) is 1. The highest BCUT2D eigenvalue weighted by molar-refractivity contribution is 9.10. The predicted octanol–water partition coefficient (Wildman–Crippen LogP) is 4.12. The molecule has 1 amide bonds. The van der Waals surface area contributed by atoms with Crippen LogP contribution >= 0.6 is 39.0 Å². The SMILES string of the molecule is COC(=O)CSCCC(=O)Nc1nc(-c2ccc(Br)cc2)c(C)s1. The van der Waals surface area contributed by atoms with Gasteiger partial charge in [-0.05, 0) is 19.1 Å². The summed E-state index contributed by atoms with van der Waals surface area (Å²) in [5.41, 5.74) is 1.89. The van der Waals surface area contributed by atoms with Crippen LogP contribution in [0.5, 0.6) is 0 Å². The Bertz CT molecular complexity index is 717. The van der Waals surface area contributed by atoms with Gasteiger partial charge in [0.25, 0.3) is 0 Å². The minimum atomic E-state index is -0.282. The number of benzene rings is 1. The van der Waals surface area contributed by atoms with Gasteiger partial charge in [-0.1, -0.05) is 28.1 Å². The van der Waals surface area contributed by atoms with Gasteiger partial charge in [0.1, 0.15) is 0 Å². The number of hydrogen-bond acceptors (Lipinski definition) is 6. The van der Waals surface area contributed by atoms with Crippen molar-refractivity contribution in [2.45, 2.75) is 13.3 Å². The van der Waals surface area contributed by atoms with Gasteiger partial charge < -0.3 is 10.1 Å². The van der Waals surface area contributed by atoms with E-state index in [1.807, 2.05) is 31.2 Å². The molecule has 0 bridgehead atoms. The van der Waals surface area contributed by atoms with Crippen LogP contribution in [0.1, 0.15) is 11.3 Å². The number of methoxy groups -OCH3 is 1. The van der Waals surface area contributed by atoms with E-state index in [4.69, 9.17) is 0 Å². The molecule has 0 unspecified atom stereocenters. The Kier molecular flexibility index (Phi) is 7.26. The van der Waals surface area contributed by atoms with E-state index in [-0.39, 0.29) is 17.6 Å². The van der Waals surface area contributed by atoms with Crippen LogP contribution in [0.3, 0.4) is 0 Å². The molecule has 128 valence electrons. The molecule has 0 saturated carbocycles. The lowest BCUT2D eigenvalue weighted by molar-refractivity contribution is -0.137. The molecule has 1 aromatic heterocycles. The second-order valence-corrected chi connectivity index (χ2v) is 8.08. The van der Waals surface area contributed by atoms with Crippen LogP contribution in [0.25, 0.3) is 11.3 Å². The minimum Gasteiger partial charge on any atom is -0.468 e. The van der Waals surface area contributed by atoms with E-state index in [2.05, 4.69) is 31.0 Å². The topological polar surface area (TPSA) is 68.3 Å². The van der Waals surface area contributed by atoms with Gasteiger partial charge in [-0.15, -0.1) is 23.1 Å². The summed E-state index contributed by atoms with van der Waals surface area (Å²) in [4.78, 5) is 28.5. The van der Waals surface area contributed by atoms with Gasteiger partial charge in [0.15, 0.2) is 5.13 Å². The number of nitrogens with zero attached hydrogens (tertiary/aromatic N) is 1. The van der Waals surface area contributed by atoms with Crippen LogP contribution < -0.4 is 5.32 Å². The third-order valence-electron chi connectivity index (χ3n) is 3.08. The first-order chi connectivity index (χ1) is 11.5. The number of carbonyl (C=O) groups excluding carboxylic acids is 2. The lowest BCUT2D eigenvalue weighted by Crippen LogP contribution is -2.13. The van der Waals surface area contributed by atoms with Gasteiger partial charge in [0.05, 0.1) is 18.6 Å². The van der Waals surface area contributed by atoms with Gasteiger partial charge in [0.2, 0.25) is 5.91 Å². The van der Waals surface area contributed by atoms with E-state index < -0.39 is 0 Å². The first-order valence-electron chi connectivity index (χ1n) is 7.17. The Hall–Kier alpha value is -1.38. The molecular weight excluding hydrogens is 412 g/mol. The molecule has 0 atom stereocenters. The fraction of sp³-hybridized carbons (Fsp3) is 0.312. The molecular formula is C16H17BrN2O3S2. The summed E-state index contributed by atoms with van der Waals surface area (Å²) in [6.45, 7) is 1.98. The Balaban J connectivity index is 1.89. The monoisotopic (exact) mass is 428 g/mol. The summed E-state index contributed by atoms with van der Waals surface area (Å²) in [5, 5.41) is 3.41. The fourth-order valence-electron chi connectivity index (χ4n) is 1.89. The summed E-state index contributed by atoms with van der Waals surface area (Å²) in [7, 11) is 1.35. The number of rotatable bonds is 7. The van der Waals surface area contributed by atoms with Gasteiger partial charge in [-0.25, -0.2) is 4.98 Å². The van der Waals surface area contributed by atoms with Crippen molar-refractivity contribution in [3.05, 3.63) is 33.6 Å². The molecule has 1 N–H and O–H groups in total. The van der Waals surface area contributed by atoms with Gasteiger partial charge >= 0.3 is 5.97 Å². The third kappa shape index (κ3) is 5.61. The van der Waals surface area contributed by atoms with E-state index in [1.165, 1.54) is 30.2 Å². The molecule has 0 aliphatic heterocycles. The van der Waals surface area contributed by atoms with Crippen LogP contribution in [0.4, 0.5) is 5.13 Å². The molecule has 24 heavy (non-hydrogen) atoms. The van der Waals surface area contributed by atoms with Crippen molar-refractivity contribution in [2.75, 3.05) is 23.9 Å². The quantitative estimate of drug-likeness (QED) is 0.530. The molecule has 0 radical (unpaired) electrons. The number of anilines is 1. The molecule has 0 saturated heterocycles. The molecule has 1 aromatic carbocycles. The van der Waals surface area contributed by atoms with Crippen molar-refractivity contribution >= 4 is 56.0 Å². The zero-order valence-electron chi connectivity index (χ0n) is 13.3. The van der Waals surface area contributed by atoms with Crippen molar-refractivity contribution in [2.24, 2.45) is 0 Å². The number of nitrogens with one attached hydrogen (secondary N) is 1. The highest BCUT2D eigenvalue weighted by Gasteiger charge is 2.12. The molecule has 2 rings (SSSR count). The van der Waals surface area contributed by atoms with Crippen molar-refractivity contribution in [1.29, 1.82) is 0 Å². The van der Waals surface area contributed by atoms with E-state index >= 15 is 0 Å². The lowest BCUT2D eigenvalue weighted by Gasteiger charge is -2.02. The summed E-state index contributed by atoms with van der Waals surface area (Å²) >= 11 is 6.24. The number of amides is 1. The number of thioether (sulfide) groups is 1. The Morgan fingerprint density at radius 3 is 2.71 bits per heavy atom. The summed E-state index contributed by atoms with van der Waals surface area (Å²) in [6.07, 6.45) is 0.327. The molecule has 0 aliphatic rings. The van der Waals surface area contributed by atoms with E-state index in [1.54, 1.807) is 0 Å². The largest absolute Gasteiger partial charge is 0.468 e. The molecule has 0 spiro atoms. The first-order valence-corrected chi connectivity index (χ1v) is 9.94. The highest BCUT2D eigenvalue weighted by Crippen LogP contribution is 2.31. The number of aryl methyl sites for hydroxylation is 1. The van der Waals surface area contributed by atoms with Gasteiger partial charge in [0, 0.05) is 27.1 Å². The summed E-state index contributed by atoms with van der Waals surface area (Å²) < 4.78 is 5.56. The standard InChI is InChI=1S/C16H17BrN2O3S2/c1-10-15(11-3-5-12(17)6-4-11)19-16(24-10)18-13(20)7-8-23-9-14(21)22-2/h3-6H,7-9H2,1-2H3,(H,18,19,20). The zero-order valence-corrected chi connectivity index (χ0v) is 16.5. The minimum absolute atomic E-state index is 0.108. The van der Waals surface area contributed by atoms with Crippen LogP contribution in [0.2, 0.25) is 0 Å². The van der Waals surface area contributed by atoms with Crippen molar-refractivity contribution < 1.29 is 14.3 Å². The smallest absolute Gasteiger partial charge is 0.315 e. The molecule has 8 heteroatoms. The number of esters is 1. The molecule has 5 nitrogen and oxygen atoms in total. The number of halogens is 1. The first kappa shape index (κ1) is 19.0. The van der Waals surface area contributed by atoms with Gasteiger partial charge in [-0.2, -0.15) is 0 Å². The Morgan fingerprint density at radius 1 is 1.33 bits per heavy atom. The average molecular weight is 429 g/mol. The highest BCUT2D eigenvalue weighted by atomic mass is 79.9. The van der Waals surface area contributed by atoms with E-state index in [0.717, 1.165) is 20.6 Å². The van der Waals surface area contributed by atoms with Gasteiger partial charge in [-0.3, -0.25) is 9.59 Å². The number of carbonyl (C=O) groups is 2. The van der Waals surface area contributed by atoms with Crippen molar-refractivity contribution in [3.8, 4) is 11.3 Å². The maximum absolute atomic E-state index is 11.9. The normalized spacial score (nSPS) is 10.5. The van der Waals surface area contributed by atoms with E-state index in [0.29, 0.717) is 17.3 Å². The molecule has 1 heterocycles. The summed E-state index contributed by atoms with van der Waals surface area (Å²) in [6, 6.07) is 7.90.